The van der Waals surface area contributed by atoms with Crippen LogP contribution in [0.3, 0.4) is 0 Å². The Balaban J connectivity index is 1.82. The molecule has 2 N–H and O–H groups in total. The van der Waals surface area contributed by atoms with Gasteiger partial charge in [0.25, 0.3) is 5.91 Å². The van der Waals surface area contributed by atoms with Crippen molar-refractivity contribution in [3.8, 4) is 0 Å². The van der Waals surface area contributed by atoms with Crippen LogP contribution < -0.4 is 5.32 Å². The van der Waals surface area contributed by atoms with Crippen molar-refractivity contribution in [3.63, 3.8) is 0 Å². The number of fused-ring (bicyclic) bond motifs is 1. The maximum atomic E-state index is 12.5. The zero-order valence-corrected chi connectivity index (χ0v) is 14.4. The van der Waals surface area contributed by atoms with Crippen molar-refractivity contribution in [2.24, 2.45) is 0 Å². The summed E-state index contributed by atoms with van der Waals surface area (Å²) >= 11 is 1.41. The molecule has 1 aliphatic heterocycles. The van der Waals surface area contributed by atoms with E-state index in [1.54, 1.807) is 12.1 Å². The number of carboxylic acids is 1. The average molecular weight is 345 g/mol. The minimum absolute atomic E-state index is 0.361. The third-order valence-electron chi connectivity index (χ3n) is 4.24. The molecule has 1 amide bonds. The number of benzene rings is 1. The SMILES string of the molecule is Cc1ccc(C(NC(=O)c2cc3c(s2)CCOC3)C(=O)O)cc1C. The summed E-state index contributed by atoms with van der Waals surface area (Å²) in [6.07, 6.45) is 0.798. The minimum Gasteiger partial charge on any atom is -0.479 e. The van der Waals surface area contributed by atoms with Crippen molar-refractivity contribution in [2.45, 2.75) is 32.9 Å². The molecule has 0 aliphatic carbocycles. The van der Waals surface area contributed by atoms with Gasteiger partial charge in [0.1, 0.15) is 0 Å². The fourth-order valence-corrected chi connectivity index (χ4v) is 3.75. The lowest BCUT2D eigenvalue weighted by Gasteiger charge is -2.15. The van der Waals surface area contributed by atoms with Gasteiger partial charge < -0.3 is 15.2 Å². The molecule has 1 aromatic heterocycles. The van der Waals surface area contributed by atoms with Gasteiger partial charge in [-0.2, -0.15) is 0 Å². The summed E-state index contributed by atoms with van der Waals surface area (Å²) in [6.45, 7) is 5.06. The van der Waals surface area contributed by atoms with Gasteiger partial charge in [-0.15, -0.1) is 11.3 Å². The van der Waals surface area contributed by atoms with Crippen LogP contribution in [0.5, 0.6) is 0 Å². The van der Waals surface area contributed by atoms with Crippen molar-refractivity contribution >= 4 is 23.2 Å². The predicted molar refractivity (Wildman–Crippen MR) is 91.4 cm³/mol. The average Bonchev–Trinajstić information content (AvgIpc) is 2.99. The number of nitrogens with one attached hydrogen (secondary N) is 1. The van der Waals surface area contributed by atoms with Gasteiger partial charge in [-0.3, -0.25) is 4.79 Å². The zero-order valence-electron chi connectivity index (χ0n) is 13.6. The number of aryl methyl sites for hydroxylation is 2. The van der Waals surface area contributed by atoms with Crippen molar-refractivity contribution < 1.29 is 19.4 Å². The van der Waals surface area contributed by atoms with E-state index in [4.69, 9.17) is 4.74 Å². The van der Waals surface area contributed by atoms with E-state index in [1.165, 1.54) is 11.3 Å². The van der Waals surface area contributed by atoms with E-state index in [-0.39, 0.29) is 5.91 Å². The van der Waals surface area contributed by atoms with Gasteiger partial charge in [0.15, 0.2) is 6.04 Å². The largest absolute Gasteiger partial charge is 0.479 e. The van der Waals surface area contributed by atoms with Gasteiger partial charge in [-0.05, 0) is 42.2 Å². The molecule has 126 valence electrons. The molecule has 0 saturated heterocycles. The molecule has 24 heavy (non-hydrogen) atoms. The number of hydrogen-bond donors (Lipinski definition) is 2. The summed E-state index contributed by atoms with van der Waals surface area (Å²) in [4.78, 5) is 25.8. The second-order valence-electron chi connectivity index (χ2n) is 5.95. The van der Waals surface area contributed by atoms with Gasteiger partial charge in [-0.25, -0.2) is 4.79 Å². The predicted octanol–water partition coefficient (Wildman–Crippen LogP) is 2.99. The lowest BCUT2D eigenvalue weighted by molar-refractivity contribution is -0.139. The Hall–Kier alpha value is -2.18. The Bertz CT molecular complexity index is 773. The molecular formula is C18H19NO4S. The van der Waals surface area contributed by atoms with Crippen LogP contribution in [0.15, 0.2) is 24.3 Å². The first-order valence-electron chi connectivity index (χ1n) is 7.76. The Labute approximate surface area is 144 Å². The van der Waals surface area contributed by atoms with Crippen LogP contribution in [0, 0.1) is 13.8 Å². The molecule has 1 atom stereocenters. The zero-order chi connectivity index (χ0) is 17.3. The fraction of sp³-hybridized carbons (Fsp3) is 0.333. The summed E-state index contributed by atoms with van der Waals surface area (Å²) in [5.41, 5.74) is 3.68. The number of carbonyl (C=O) groups is 2. The molecule has 5 nitrogen and oxygen atoms in total. The van der Waals surface area contributed by atoms with Gasteiger partial charge in [0.2, 0.25) is 0 Å². The Morgan fingerprint density at radius 1 is 1.25 bits per heavy atom. The molecule has 0 spiro atoms. The summed E-state index contributed by atoms with van der Waals surface area (Å²) in [7, 11) is 0. The van der Waals surface area contributed by atoms with E-state index < -0.39 is 12.0 Å². The van der Waals surface area contributed by atoms with Crippen molar-refractivity contribution in [3.05, 3.63) is 56.3 Å². The van der Waals surface area contributed by atoms with Gasteiger partial charge in [0, 0.05) is 11.3 Å². The highest BCUT2D eigenvalue weighted by molar-refractivity contribution is 7.14. The number of aliphatic carboxylic acids is 1. The number of ether oxygens (including phenoxy) is 1. The monoisotopic (exact) mass is 345 g/mol. The van der Waals surface area contributed by atoms with E-state index in [1.807, 2.05) is 26.0 Å². The minimum atomic E-state index is -1.07. The van der Waals surface area contributed by atoms with Crippen molar-refractivity contribution in [1.29, 1.82) is 0 Å². The molecule has 2 heterocycles. The first-order valence-corrected chi connectivity index (χ1v) is 8.57. The van der Waals surface area contributed by atoms with E-state index >= 15 is 0 Å². The molecule has 2 aromatic rings. The normalized spacial score (nSPS) is 14.8. The Morgan fingerprint density at radius 3 is 2.71 bits per heavy atom. The number of hydrogen-bond acceptors (Lipinski definition) is 4. The molecule has 1 aromatic carbocycles. The van der Waals surface area contributed by atoms with Crippen LogP contribution >= 0.6 is 11.3 Å². The topological polar surface area (TPSA) is 75.6 Å². The van der Waals surface area contributed by atoms with E-state index in [2.05, 4.69) is 5.32 Å². The quantitative estimate of drug-likeness (QED) is 0.893. The van der Waals surface area contributed by atoms with Crippen molar-refractivity contribution in [1.82, 2.24) is 5.32 Å². The Kier molecular flexibility index (Phi) is 4.69. The number of thiophene rings is 1. The molecule has 1 unspecified atom stereocenters. The number of rotatable bonds is 4. The van der Waals surface area contributed by atoms with Gasteiger partial charge in [0.05, 0.1) is 18.1 Å². The molecule has 0 bridgehead atoms. The number of carboxylic acid groups (broad SMARTS) is 1. The highest BCUT2D eigenvalue weighted by Gasteiger charge is 2.25. The van der Waals surface area contributed by atoms with Crippen LogP contribution in [0.1, 0.15) is 42.8 Å². The lowest BCUT2D eigenvalue weighted by atomic mass is 10.0. The molecule has 3 rings (SSSR count). The van der Waals surface area contributed by atoms with Crippen LogP contribution in [-0.2, 0) is 22.6 Å². The molecule has 0 radical (unpaired) electrons. The van der Waals surface area contributed by atoms with Crippen LogP contribution in [-0.4, -0.2) is 23.6 Å². The highest BCUT2D eigenvalue weighted by Crippen LogP contribution is 2.27. The smallest absolute Gasteiger partial charge is 0.330 e. The molecular weight excluding hydrogens is 326 g/mol. The Morgan fingerprint density at radius 2 is 2.04 bits per heavy atom. The maximum Gasteiger partial charge on any atom is 0.330 e. The third kappa shape index (κ3) is 3.34. The van der Waals surface area contributed by atoms with Crippen LogP contribution in [0.2, 0.25) is 0 Å². The summed E-state index contributed by atoms with van der Waals surface area (Å²) < 4.78 is 5.38. The van der Waals surface area contributed by atoms with Crippen molar-refractivity contribution in [2.75, 3.05) is 6.61 Å². The van der Waals surface area contributed by atoms with E-state index in [0.717, 1.165) is 28.0 Å². The standard InChI is InChI=1S/C18H19NO4S/c1-10-3-4-12(7-11(10)2)16(18(21)22)19-17(20)15-8-13-9-23-6-5-14(13)24-15/h3-4,7-8,16H,5-6,9H2,1-2H3,(H,19,20)(H,21,22). The first kappa shape index (κ1) is 16.7. The molecule has 0 saturated carbocycles. The molecule has 1 aliphatic rings. The maximum absolute atomic E-state index is 12.5. The van der Waals surface area contributed by atoms with Gasteiger partial charge >= 0.3 is 5.97 Å². The van der Waals surface area contributed by atoms with Gasteiger partial charge in [-0.1, -0.05) is 18.2 Å². The summed E-state index contributed by atoms with van der Waals surface area (Å²) in [5, 5.41) is 12.1. The third-order valence-corrected chi connectivity index (χ3v) is 5.47. The van der Waals surface area contributed by atoms with Crippen LogP contribution in [0.4, 0.5) is 0 Å². The fourth-order valence-electron chi connectivity index (χ4n) is 2.69. The van der Waals surface area contributed by atoms with E-state index in [0.29, 0.717) is 23.7 Å². The van der Waals surface area contributed by atoms with Crippen LogP contribution in [0.25, 0.3) is 0 Å². The summed E-state index contributed by atoms with van der Waals surface area (Å²) in [5.74, 6) is -1.43. The number of carbonyl (C=O) groups excluding carboxylic acids is 1. The lowest BCUT2D eigenvalue weighted by Crippen LogP contribution is -2.33. The second kappa shape index (κ2) is 6.75. The summed E-state index contributed by atoms with van der Waals surface area (Å²) in [6, 6.07) is 6.16. The molecule has 6 heteroatoms. The molecule has 0 fully saturated rings. The van der Waals surface area contributed by atoms with E-state index in [9.17, 15) is 14.7 Å². The first-order chi connectivity index (χ1) is 11.5. The highest BCUT2D eigenvalue weighted by atomic mass is 32.1. The number of amides is 1. The second-order valence-corrected chi connectivity index (χ2v) is 7.09.